The summed E-state index contributed by atoms with van der Waals surface area (Å²) in [7, 11) is 3.50. The molecular weight excluding hydrogens is 346 g/mol. The van der Waals surface area contributed by atoms with Gasteiger partial charge in [0.15, 0.2) is 0 Å². The maximum absolute atomic E-state index is 13.1. The Kier molecular flexibility index (Phi) is 5.27. The van der Waals surface area contributed by atoms with Crippen molar-refractivity contribution in [2.45, 2.75) is 45.2 Å². The highest BCUT2D eigenvalue weighted by atomic mass is 16.2. The van der Waals surface area contributed by atoms with Gasteiger partial charge in [-0.1, -0.05) is 0 Å². The molecule has 3 fully saturated rings. The fourth-order valence-corrected chi connectivity index (χ4v) is 5.20. The van der Waals surface area contributed by atoms with Crippen molar-refractivity contribution in [1.29, 1.82) is 0 Å². The molecule has 0 aromatic carbocycles. The van der Waals surface area contributed by atoms with Gasteiger partial charge >= 0.3 is 12.1 Å². The van der Waals surface area contributed by atoms with Gasteiger partial charge in [-0.3, -0.25) is 4.79 Å². The largest absolute Gasteiger partial charge is 0.336 e. The van der Waals surface area contributed by atoms with Crippen molar-refractivity contribution >= 4 is 18.0 Å². The van der Waals surface area contributed by atoms with Crippen molar-refractivity contribution in [3.8, 4) is 0 Å². The molecule has 5 amide bonds. The van der Waals surface area contributed by atoms with Crippen LogP contribution < -0.4 is 5.32 Å². The van der Waals surface area contributed by atoms with E-state index in [9.17, 15) is 14.4 Å². The summed E-state index contributed by atoms with van der Waals surface area (Å²) in [5, 5.41) is 2.95. The van der Waals surface area contributed by atoms with Crippen LogP contribution in [0, 0.1) is 11.8 Å². The zero-order chi connectivity index (χ0) is 19.9. The summed E-state index contributed by atoms with van der Waals surface area (Å²) < 4.78 is 0. The third-order valence-corrected chi connectivity index (χ3v) is 6.43. The highest BCUT2D eigenvalue weighted by Gasteiger charge is 2.61. The number of rotatable bonds is 2. The first-order valence-corrected chi connectivity index (χ1v) is 10.0. The minimum atomic E-state index is -0.230. The molecule has 0 saturated carbocycles. The number of likely N-dealkylation sites (tertiary alicyclic amines) is 3. The first kappa shape index (κ1) is 19.8. The Morgan fingerprint density at radius 2 is 1.81 bits per heavy atom. The maximum atomic E-state index is 13.1. The van der Waals surface area contributed by atoms with Crippen LogP contribution in [0.2, 0.25) is 0 Å². The van der Waals surface area contributed by atoms with Crippen LogP contribution in [0.3, 0.4) is 0 Å². The van der Waals surface area contributed by atoms with Gasteiger partial charge in [0, 0.05) is 58.8 Å². The molecule has 2 atom stereocenters. The molecular formula is C19H33N5O3. The summed E-state index contributed by atoms with van der Waals surface area (Å²) in [5.41, 5.74) is -0.230. The van der Waals surface area contributed by atoms with E-state index in [-0.39, 0.29) is 41.4 Å². The van der Waals surface area contributed by atoms with Crippen LogP contribution in [0.4, 0.5) is 9.59 Å². The molecule has 3 aliphatic heterocycles. The Labute approximate surface area is 161 Å². The van der Waals surface area contributed by atoms with E-state index in [2.05, 4.69) is 5.32 Å². The predicted octanol–water partition coefficient (Wildman–Crippen LogP) is 1.03. The number of carbonyl (C=O) groups is 3. The number of fused-ring (bicyclic) bond motifs is 2. The number of urea groups is 2. The average molecular weight is 380 g/mol. The minimum absolute atomic E-state index is 0.0239. The quantitative estimate of drug-likeness (QED) is 0.779. The van der Waals surface area contributed by atoms with Crippen molar-refractivity contribution in [1.82, 2.24) is 24.9 Å². The third kappa shape index (κ3) is 3.23. The van der Waals surface area contributed by atoms with Crippen LogP contribution in [-0.4, -0.2) is 96.0 Å². The van der Waals surface area contributed by atoms with E-state index in [1.807, 2.05) is 35.5 Å². The molecule has 0 aliphatic carbocycles. The van der Waals surface area contributed by atoms with Crippen LogP contribution in [0.25, 0.3) is 0 Å². The number of hydrogen-bond donors (Lipinski definition) is 1. The second-order valence-corrected chi connectivity index (χ2v) is 8.57. The predicted molar refractivity (Wildman–Crippen MR) is 102 cm³/mol. The zero-order valence-electron chi connectivity index (χ0n) is 17.2. The number of hydrogen-bond acceptors (Lipinski definition) is 3. The van der Waals surface area contributed by atoms with E-state index in [0.717, 1.165) is 12.8 Å². The molecule has 0 radical (unpaired) electrons. The third-order valence-electron chi connectivity index (χ3n) is 6.43. The van der Waals surface area contributed by atoms with Gasteiger partial charge in [0.25, 0.3) is 0 Å². The van der Waals surface area contributed by atoms with Gasteiger partial charge in [-0.15, -0.1) is 0 Å². The van der Waals surface area contributed by atoms with Crippen molar-refractivity contribution in [2.24, 2.45) is 11.8 Å². The van der Waals surface area contributed by atoms with Crippen LogP contribution in [-0.2, 0) is 4.79 Å². The minimum Gasteiger partial charge on any atom is -0.336 e. The molecule has 1 N–H and O–H groups in total. The highest BCUT2D eigenvalue weighted by Crippen LogP contribution is 2.49. The summed E-state index contributed by atoms with van der Waals surface area (Å²) in [6.07, 6.45) is 1.56. The fraction of sp³-hybridized carbons (Fsp3) is 0.842. The van der Waals surface area contributed by atoms with Gasteiger partial charge in [0.1, 0.15) is 0 Å². The first-order chi connectivity index (χ1) is 12.7. The monoisotopic (exact) mass is 379 g/mol. The number of amides is 5. The summed E-state index contributed by atoms with van der Waals surface area (Å²) in [6, 6.07) is 0.0575. The molecule has 0 aromatic heterocycles. The van der Waals surface area contributed by atoms with E-state index < -0.39 is 0 Å². The van der Waals surface area contributed by atoms with E-state index >= 15 is 0 Å². The van der Waals surface area contributed by atoms with Crippen LogP contribution in [0.1, 0.15) is 33.6 Å². The van der Waals surface area contributed by atoms with Gasteiger partial charge in [-0.05, 0) is 33.6 Å². The Bertz CT molecular complexity index is 612. The molecule has 3 saturated heterocycles. The average Bonchev–Trinajstić information content (AvgIpc) is 3.14. The second kappa shape index (κ2) is 7.20. The van der Waals surface area contributed by atoms with Crippen molar-refractivity contribution in [3.05, 3.63) is 0 Å². The van der Waals surface area contributed by atoms with Crippen molar-refractivity contribution < 1.29 is 14.4 Å². The summed E-state index contributed by atoms with van der Waals surface area (Å²) in [5.74, 6) is 0.227. The molecule has 27 heavy (non-hydrogen) atoms. The number of nitrogens with zero attached hydrogens (tertiary/aromatic N) is 4. The zero-order valence-corrected chi connectivity index (χ0v) is 17.2. The smallest absolute Gasteiger partial charge is 0.319 e. The molecule has 3 heterocycles. The van der Waals surface area contributed by atoms with Gasteiger partial charge < -0.3 is 24.9 Å². The van der Waals surface area contributed by atoms with Crippen LogP contribution in [0.15, 0.2) is 0 Å². The Balaban J connectivity index is 1.76. The Morgan fingerprint density at radius 3 is 2.33 bits per heavy atom. The lowest BCUT2D eigenvalue weighted by atomic mass is 9.75. The van der Waals surface area contributed by atoms with E-state index in [1.165, 1.54) is 0 Å². The SMILES string of the molecule is CCN1C(=O)[C@@H]2CN(C(=O)N(C)C)C[C@@H]2C12CCN(C(=O)NC(C)C)CC2. The lowest BCUT2D eigenvalue weighted by Gasteiger charge is -2.47. The standard InChI is InChI=1S/C19H33N5O3/c1-6-24-16(25)14-11-23(18(27)21(4)5)12-15(14)19(24)7-9-22(10-8-19)17(26)20-13(2)3/h13-15H,6-12H2,1-5H3,(H,20,26)/t14-,15+/m1/s1. The Morgan fingerprint density at radius 1 is 1.19 bits per heavy atom. The van der Waals surface area contributed by atoms with Crippen LogP contribution in [0.5, 0.6) is 0 Å². The number of nitrogens with one attached hydrogen (secondary N) is 1. The summed E-state index contributed by atoms with van der Waals surface area (Å²) in [4.78, 5) is 45.1. The normalized spacial score (nSPS) is 26.7. The lowest BCUT2D eigenvalue weighted by molar-refractivity contribution is -0.135. The van der Waals surface area contributed by atoms with Gasteiger partial charge in [0.2, 0.25) is 5.91 Å². The van der Waals surface area contributed by atoms with Gasteiger partial charge in [-0.25, -0.2) is 9.59 Å². The molecule has 0 bridgehead atoms. The highest BCUT2D eigenvalue weighted by molar-refractivity contribution is 5.86. The first-order valence-electron chi connectivity index (χ1n) is 10.0. The van der Waals surface area contributed by atoms with Crippen molar-refractivity contribution in [2.75, 3.05) is 46.8 Å². The maximum Gasteiger partial charge on any atom is 0.319 e. The fourth-order valence-electron chi connectivity index (χ4n) is 5.20. The molecule has 3 rings (SSSR count). The molecule has 3 aliphatic rings. The second-order valence-electron chi connectivity index (χ2n) is 8.57. The van der Waals surface area contributed by atoms with E-state index in [0.29, 0.717) is 32.7 Å². The van der Waals surface area contributed by atoms with E-state index in [4.69, 9.17) is 0 Å². The molecule has 152 valence electrons. The molecule has 8 heteroatoms. The molecule has 8 nitrogen and oxygen atoms in total. The molecule has 0 aromatic rings. The van der Waals surface area contributed by atoms with Crippen LogP contribution >= 0.6 is 0 Å². The summed E-state index contributed by atoms with van der Waals surface area (Å²) in [6.45, 7) is 9.06. The topological polar surface area (TPSA) is 76.2 Å². The Hall–Kier alpha value is -1.99. The number of carbonyl (C=O) groups excluding carboxylic acids is 3. The molecule has 1 spiro atoms. The summed E-state index contributed by atoms with van der Waals surface area (Å²) >= 11 is 0. The van der Waals surface area contributed by atoms with E-state index in [1.54, 1.807) is 19.0 Å². The lowest BCUT2D eigenvalue weighted by Crippen LogP contribution is -2.59. The van der Waals surface area contributed by atoms with Gasteiger partial charge in [0.05, 0.1) is 11.5 Å². The molecule has 0 unspecified atom stereocenters. The number of piperidine rings is 1. The van der Waals surface area contributed by atoms with Gasteiger partial charge in [-0.2, -0.15) is 0 Å². The van der Waals surface area contributed by atoms with Crippen molar-refractivity contribution in [3.63, 3.8) is 0 Å².